The quantitative estimate of drug-likeness (QED) is 0.497. The zero-order valence-electron chi connectivity index (χ0n) is 6.08. The number of nitrogens with one attached hydrogen (secondary N) is 1. The number of anilines is 1. The smallest absolute Gasteiger partial charge is 0.0658 e. The lowest BCUT2D eigenvalue weighted by atomic mass is 10.2. The molecule has 0 aromatic heterocycles. The molecule has 0 unspecified atom stereocenters. The molecule has 0 aliphatic carbocycles. The van der Waals surface area contributed by atoms with E-state index in [1.54, 1.807) is 23.7 Å². The molecular weight excluding hydrogens is 145 g/mol. The highest BCUT2D eigenvalue weighted by Crippen LogP contribution is 2.08. The molecule has 1 aromatic rings. The van der Waals surface area contributed by atoms with Crippen LogP contribution in [-0.2, 0) is 0 Å². The van der Waals surface area contributed by atoms with E-state index in [9.17, 15) is 4.48 Å². The van der Waals surface area contributed by atoms with Crippen molar-refractivity contribution in [3.05, 3.63) is 29.8 Å². The Morgan fingerprint density at radius 3 is 2.36 bits per heavy atom. The Kier molecular flexibility index (Phi) is 4.41. The van der Waals surface area contributed by atoms with Crippen molar-refractivity contribution in [1.29, 1.82) is 10.8 Å². The molecule has 0 saturated heterocycles. The van der Waals surface area contributed by atoms with Crippen LogP contribution in [0.4, 0.5) is 10.2 Å². The van der Waals surface area contributed by atoms with Crippen LogP contribution in [0, 0.1) is 17.7 Å². The maximum absolute atomic E-state index is 11.7. The Bertz CT molecular complexity index is 234. The molecule has 58 valence electrons. The van der Waals surface area contributed by atoms with Crippen molar-refractivity contribution in [3.63, 3.8) is 0 Å². The van der Waals surface area contributed by atoms with Crippen LogP contribution in [0.1, 0.15) is 5.56 Å². The van der Waals surface area contributed by atoms with Crippen LogP contribution in [0.3, 0.4) is 0 Å². The summed E-state index contributed by atoms with van der Waals surface area (Å²) in [6, 6.07) is 7.13. The minimum atomic E-state index is 0.509. The summed E-state index contributed by atoms with van der Waals surface area (Å²) in [5.41, 5.74) is 3.13. The minimum absolute atomic E-state index is 0.509. The SMILES string of the molecule is Cc1cccc(NF)c1.N#N. The van der Waals surface area contributed by atoms with Gasteiger partial charge in [-0.15, -0.1) is 4.48 Å². The Morgan fingerprint density at radius 1 is 1.36 bits per heavy atom. The Hall–Kier alpha value is -1.63. The molecular formula is C7H8FN3. The first kappa shape index (κ1) is 9.37. The molecule has 1 N–H and O–H groups in total. The highest BCUT2D eigenvalue weighted by Gasteiger charge is 1.86. The van der Waals surface area contributed by atoms with Gasteiger partial charge in [0.1, 0.15) is 0 Å². The van der Waals surface area contributed by atoms with Crippen molar-refractivity contribution in [3.8, 4) is 0 Å². The van der Waals surface area contributed by atoms with Gasteiger partial charge in [-0.2, -0.15) is 0 Å². The van der Waals surface area contributed by atoms with Gasteiger partial charge < -0.3 is 0 Å². The van der Waals surface area contributed by atoms with Crippen molar-refractivity contribution >= 4 is 5.69 Å². The zero-order valence-corrected chi connectivity index (χ0v) is 6.08. The second kappa shape index (κ2) is 5.18. The van der Waals surface area contributed by atoms with Crippen LogP contribution in [0.2, 0.25) is 0 Å². The van der Waals surface area contributed by atoms with Crippen molar-refractivity contribution in [2.75, 3.05) is 5.54 Å². The third-order valence-corrected chi connectivity index (χ3v) is 1.13. The third kappa shape index (κ3) is 3.16. The summed E-state index contributed by atoms with van der Waals surface area (Å²) in [5.74, 6) is 0. The fourth-order valence-corrected chi connectivity index (χ4v) is 0.704. The molecule has 1 aromatic carbocycles. The number of benzene rings is 1. The molecule has 0 bridgehead atoms. The summed E-state index contributed by atoms with van der Waals surface area (Å²) in [7, 11) is 0. The normalized spacial score (nSPS) is 7.64. The van der Waals surface area contributed by atoms with Gasteiger partial charge in [-0.1, -0.05) is 12.1 Å². The van der Waals surface area contributed by atoms with Gasteiger partial charge in [-0.3, -0.25) is 0 Å². The van der Waals surface area contributed by atoms with Crippen LogP contribution < -0.4 is 5.54 Å². The Morgan fingerprint density at radius 2 is 2.00 bits per heavy atom. The van der Waals surface area contributed by atoms with Crippen molar-refractivity contribution in [2.45, 2.75) is 6.92 Å². The van der Waals surface area contributed by atoms with Gasteiger partial charge in [-0.05, 0) is 24.6 Å². The molecule has 0 saturated carbocycles. The number of nitrogens with zero attached hydrogens (tertiary/aromatic N) is 2. The summed E-state index contributed by atoms with van der Waals surface area (Å²) in [6.45, 7) is 1.92. The highest BCUT2D eigenvalue weighted by atomic mass is 19.2. The van der Waals surface area contributed by atoms with Crippen molar-refractivity contribution in [2.24, 2.45) is 0 Å². The molecule has 0 spiro atoms. The molecule has 4 heteroatoms. The first-order valence-electron chi connectivity index (χ1n) is 2.96. The van der Waals surface area contributed by atoms with Crippen molar-refractivity contribution in [1.82, 2.24) is 0 Å². The van der Waals surface area contributed by atoms with Crippen LogP contribution in [0.15, 0.2) is 24.3 Å². The standard InChI is InChI=1S/C7H8FN.N2/c1-6-3-2-4-7(5-6)9-8;1-2/h2-5,9H,1H3;. The number of hydrogen-bond donors (Lipinski definition) is 1. The van der Waals surface area contributed by atoms with Gasteiger partial charge in [0, 0.05) is 10.8 Å². The van der Waals surface area contributed by atoms with E-state index >= 15 is 0 Å². The average molecular weight is 153 g/mol. The van der Waals surface area contributed by atoms with E-state index in [1.165, 1.54) is 0 Å². The number of hydrogen-bond acceptors (Lipinski definition) is 3. The molecule has 0 fully saturated rings. The van der Waals surface area contributed by atoms with Gasteiger partial charge in [0.15, 0.2) is 0 Å². The van der Waals surface area contributed by atoms with E-state index in [0.717, 1.165) is 5.56 Å². The van der Waals surface area contributed by atoms with E-state index in [0.29, 0.717) is 5.69 Å². The maximum atomic E-state index is 11.7. The fourth-order valence-electron chi connectivity index (χ4n) is 0.704. The summed E-state index contributed by atoms with van der Waals surface area (Å²) in [4.78, 5) is 0. The van der Waals surface area contributed by atoms with Gasteiger partial charge in [0.25, 0.3) is 0 Å². The van der Waals surface area contributed by atoms with Crippen LogP contribution in [0.25, 0.3) is 0 Å². The summed E-state index contributed by atoms with van der Waals surface area (Å²) in [5, 5.41) is 12.0. The van der Waals surface area contributed by atoms with Crippen LogP contribution in [0.5, 0.6) is 0 Å². The molecule has 0 amide bonds. The first-order valence-corrected chi connectivity index (χ1v) is 2.96. The monoisotopic (exact) mass is 153 g/mol. The maximum Gasteiger partial charge on any atom is 0.0658 e. The Labute approximate surface area is 64.2 Å². The molecule has 3 nitrogen and oxygen atoms in total. The average Bonchev–Trinajstić information content (AvgIpc) is 2.08. The molecule has 0 radical (unpaired) electrons. The van der Waals surface area contributed by atoms with Gasteiger partial charge in [0.05, 0.1) is 5.69 Å². The van der Waals surface area contributed by atoms with E-state index in [2.05, 4.69) is 0 Å². The van der Waals surface area contributed by atoms with Crippen molar-refractivity contribution < 1.29 is 4.48 Å². The van der Waals surface area contributed by atoms with Gasteiger partial charge in [-0.25, -0.2) is 5.54 Å². The minimum Gasteiger partial charge on any atom is -0.225 e. The molecule has 11 heavy (non-hydrogen) atoms. The fraction of sp³-hybridized carbons (Fsp3) is 0.143. The van der Waals surface area contributed by atoms with E-state index < -0.39 is 0 Å². The molecule has 1 rings (SSSR count). The predicted molar refractivity (Wildman–Crippen MR) is 39.4 cm³/mol. The molecule has 0 atom stereocenters. The second-order valence-electron chi connectivity index (χ2n) is 1.96. The van der Waals surface area contributed by atoms with E-state index in [1.807, 2.05) is 13.0 Å². The Balaban J connectivity index is 0.000000461. The largest absolute Gasteiger partial charge is 0.225 e. The second-order valence-corrected chi connectivity index (χ2v) is 1.96. The zero-order chi connectivity index (χ0) is 8.69. The lowest BCUT2D eigenvalue weighted by molar-refractivity contribution is 0.617. The molecule has 0 aliphatic rings. The first-order chi connectivity index (χ1) is 5.33. The lowest BCUT2D eigenvalue weighted by Crippen LogP contribution is -1.80. The summed E-state index contributed by atoms with van der Waals surface area (Å²) in [6.07, 6.45) is 0. The van der Waals surface area contributed by atoms with Crippen LogP contribution in [-0.4, -0.2) is 0 Å². The van der Waals surface area contributed by atoms with E-state index in [-0.39, 0.29) is 0 Å². The molecule has 0 aliphatic heterocycles. The number of rotatable bonds is 1. The van der Waals surface area contributed by atoms with Crippen LogP contribution >= 0.6 is 0 Å². The highest BCUT2D eigenvalue weighted by molar-refractivity contribution is 5.43. The summed E-state index contributed by atoms with van der Waals surface area (Å²) >= 11 is 0. The predicted octanol–water partition coefficient (Wildman–Crippen LogP) is 2.32. The van der Waals surface area contributed by atoms with Gasteiger partial charge >= 0.3 is 0 Å². The van der Waals surface area contributed by atoms with E-state index in [4.69, 9.17) is 10.8 Å². The molecule has 0 heterocycles. The number of halogens is 1. The lowest BCUT2D eigenvalue weighted by Gasteiger charge is -1.94. The summed E-state index contributed by atoms with van der Waals surface area (Å²) < 4.78 is 11.7. The number of aryl methyl sites for hydroxylation is 1. The third-order valence-electron chi connectivity index (χ3n) is 1.13. The van der Waals surface area contributed by atoms with Gasteiger partial charge in [0.2, 0.25) is 0 Å². The topological polar surface area (TPSA) is 59.6 Å².